The fourth-order valence-corrected chi connectivity index (χ4v) is 0. The number of allylic oxidation sites excluding steroid dienone is 2. The van der Waals surface area contributed by atoms with Crippen LogP contribution in [0.1, 0.15) is 75.7 Å². The van der Waals surface area contributed by atoms with E-state index in [1.54, 1.807) is 0 Å². The summed E-state index contributed by atoms with van der Waals surface area (Å²) >= 11 is 0. The molecule has 0 heterocycles. The molecule has 0 atom stereocenters. The van der Waals surface area contributed by atoms with Crippen molar-refractivity contribution >= 4 is 0 Å². The lowest BCUT2D eigenvalue weighted by atomic mass is 10.2. The van der Waals surface area contributed by atoms with Gasteiger partial charge in [-0.25, -0.2) is 0 Å². The van der Waals surface area contributed by atoms with Crippen LogP contribution in [0.4, 0.5) is 0 Å². The molecular weight excluding hydrogens is 180 g/mol. The Morgan fingerprint density at radius 2 is 0.933 bits per heavy atom. The van der Waals surface area contributed by atoms with Crippen LogP contribution in [0.25, 0.3) is 0 Å². The molecule has 0 aliphatic rings. The zero-order valence-electron chi connectivity index (χ0n) is 11.4. The quantitative estimate of drug-likeness (QED) is 0.378. The maximum atomic E-state index is 2.68. The summed E-state index contributed by atoms with van der Waals surface area (Å²) in [5.41, 5.74) is 2.85. The minimum absolute atomic E-state index is 0. The number of hydrogen-bond acceptors (Lipinski definition) is 0. The van der Waals surface area contributed by atoms with E-state index in [2.05, 4.69) is 53.4 Å². The van der Waals surface area contributed by atoms with Crippen molar-refractivity contribution in [2.45, 2.75) is 75.7 Å². The molecule has 0 saturated heterocycles. The molecule has 0 heteroatoms. The van der Waals surface area contributed by atoms with Crippen molar-refractivity contribution in [3.05, 3.63) is 11.1 Å². The smallest absolute Gasteiger partial charge is 0.00271 e. The van der Waals surface area contributed by atoms with E-state index in [9.17, 15) is 0 Å². The van der Waals surface area contributed by atoms with E-state index < -0.39 is 0 Å². The van der Waals surface area contributed by atoms with Crippen LogP contribution >= 0.6 is 0 Å². The van der Waals surface area contributed by atoms with Crippen molar-refractivity contribution in [3.63, 3.8) is 0 Å². The monoisotopic (exact) mass is 212 g/mol. The molecule has 0 fully saturated rings. The average Bonchev–Trinajstić information content (AvgIpc) is 2.18. The Kier molecular flexibility index (Phi) is 37.0. The Morgan fingerprint density at radius 1 is 0.733 bits per heavy atom. The fraction of sp³-hybridized carbons (Fsp3) is 0.733. The molecule has 0 saturated carbocycles. The molecule has 0 aliphatic carbocycles. The minimum Gasteiger partial charge on any atom is -0.107 e. The Bertz CT molecular complexity index is 148. The van der Waals surface area contributed by atoms with E-state index in [1.165, 1.54) is 24.0 Å². The maximum Gasteiger partial charge on any atom is -0.00271 e. The normalized spacial score (nSPS) is 6.13. The Morgan fingerprint density at radius 3 is 0.933 bits per heavy atom. The first-order chi connectivity index (χ1) is 6.47. The van der Waals surface area contributed by atoms with Gasteiger partial charge in [0.05, 0.1) is 0 Å². The van der Waals surface area contributed by atoms with E-state index in [0.717, 1.165) is 0 Å². The lowest BCUT2D eigenvalue weighted by Crippen LogP contribution is -1.66. The highest BCUT2D eigenvalue weighted by molar-refractivity contribution is 5.02. The summed E-state index contributed by atoms with van der Waals surface area (Å²) in [5, 5.41) is 0. The lowest BCUT2D eigenvalue weighted by molar-refractivity contribution is 0.886. The summed E-state index contributed by atoms with van der Waals surface area (Å²) in [4.78, 5) is 0. The highest BCUT2D eigenvalue weighted by Crippen LogP contribution is 1.96. The van der Waals surface area contributed by atoms with Crippen molar-refractivity contribution in [1.29, 1.82) is 0 Å². The van der Waals surface area contributed by atoms with Crippen molar-refractivity contribution in [1.82, 2.24) is 0 Å². The standard InChI is InChI=1S/C6H12.C4H10.C4H6.CH4/c1-5(2)6(3)4;2*1-3-4-2;/h1-4H3;3-4H2,1-2H3;1-2H3;1H4. The molecule has 0 N–H and O–H groups in total. The van der Waals surface area contributed by atoms with Gasteiger partial charge in [-0.3, -0.25) is 0 Å². The molecule has 0 aromatic rings. The number of unbranched alkanes of at least 4 members (excludes halogenated alkanes) is 1. The molecule has 0 amide bonds. The van der Waals surface area contributed by atoms with E-state index in [0.29, 0.717) is 0 Å². The van der Waals surface area contributed by atoms with Crippen LogP contribution in [0.3, 0.4) is 0 Å². The van der Waals surface area contributed by atoms with Gasteiger partial charge >= 0.3 is 0 Å². The maximum absolute atomic E-state index is 2.68. The molecule has 0 spiro atoms. The summed E-state index contributed by atoms with van der Waals surface area (Å²) in [5.74, 6) is 5.36. The van der Waals surface area contributed by atoms with Crippen molar-refractivity contribution < 1.29 is 0 Å². The minimum atomic E-state index is 0. The van der Waals surface area contributed by atoms with Gasteiger partial charge < -0.3 is 0 Å². The summed E-state index contributed by atoms with van der Waals surface area (Å²) in [6.45, 7) is 16.5. The van der Waals surface area contributed by atoms with Gasteiger partial charge in [0.15, 0.2) is 0 Å². The van der Waals surface area contributed by atoms with Gasteiger partial charge in [-0.2, -0.15) is 0 Å². The molecule has 0 nitrogen and oxygen atoms in total. The first kappa shape index (κ1) is 23.8. The van der Waals surface area contributed by atoms with E-state index in [-0.39, 0.29) is 7.43 Å². The third kappa shape index (κ3) is 60.5. The molecule has 0 aromatic carbocycles. The predicted octanol–water partition coefficient (Wildman–Crippen LogP) is 5.83. The first-order valence-corrected chi connectivity index (χ1v) is 5.41. The predicted molar refractivity (Wildman–Crippen MR) is 76.2 cm³/mol. The molecule has 0 aromatic heterocycles. The topological polar surface area (TPSA) is 0 Å². The van der Waals surface area contributed by atoms with Gasteiger partial charge in [-0.05, 0) is 41.5 Å². The van der Waals surface area contributed by atoms with Crippen LogP contribution < -0.4 is 0 Å². The molecule has 0 bridgehead atoms. The van der Waals surface area contributed by atoms with Crippen LogP contribution in [0, 0.1) is 11.8 Å². The number of rotatable bonds is 1. The largest absolute Gasteiger partial charge is 0.107 e. The fourth-order valence-electron chi connectivity index (χ4n) is 0. The summed E-state index contributed by atoms with van der Waals surface area (Å²) in [7, 11) is 0. The van der Waals surface area contributed by atoms with Gasteiger partial charge in [-0.15, -0.1) is 11.8 Å². The van der Waals surface area contributed by atoms with E-state index in [1.807, 2.05) is 13.8 Å². The van der Waals surface area contributed by atoms with Gasteiger partial charge in [0.25, 0.3) is 0 Å². The Labute approximate surface area is 99.2 Å². The average molecular weight is 212 g/mol. The third-order valence-corrected chi connectivity index (χ3v) is 1.75. The Balaban J connectivity index is -0.0000000606. The van der Waals surface area contributed by atoms with Gasteiger partial charge in [0.2, 0.25) is 0 Å². The zero-order valence-corrected chi connectivity index (χ0v) is 11.4. The van der Waals surface area contributed by atoms with Crippen molar-refractivity contribution in [2.24, 2.45) is 0 Å². The highest BCUT2D eigenvalue weighted by atomic mass is 13.8. The van der Waals surface area contributed by atoms with Crippen LogP contribution in [-0.2, 0) is 0 Å². The number of hydrogen-bond donors (Lipinski definition) is 0. The molecule has 92 valence electrons. The van der Waals surface area contributed by atoms with Crippen molar-refractivity contribution in [3.8, 4) is 11.8 Å². The summed E-state index contributed by atoms with van der Waals surface area (Å²) in [6.07, 6.45) is 2.64. The second-order valence-electron chi connectivity index (χ2n) is 3.50. The third-order valence-electron chi connectivity index (χ3n) is 1.75. The van der Waals surface area contributed by atoms with Crippen molar-refractivity contribution in [2.75, 3.05) is 0 Å². The van der Waals surface area contributed by atoms with Crippen LogP contribution in [0.5, 0.6) is 0 Å². The summed E-state index contributed by atoms with van der Waals surface area (Å²) in [6, 6.07) is 0. The molecule has 15 heavy (non-hydrogen) atoms. The van der Waals surface area contributed by atoms with E-state index in [4.69, 9.17) is 0 Å². The molecular formula is C15H32. The van der Waals surface area contributed by atoms with Gasteiger partial charge in [-0.1, -0.05) is 45.3 Å². The van der Waals surface area contributed by atoms with Gasteiger partial charge in [0.1, 0.15) is 0 Å². The van der Waals surface area contributed by atoms with Crippen LogP contribution in [0.15, 0.2) is 11.1 Å². The SMILES string of the molecule is C.CC#CC.CC(C)=C(C)C.CCCC. The lowest BCUT2D eigenvalue weighted by Gasteiger charge is -1.88. The highest BCUT2D eigenvalue weighted by Gasteiger charge is 1.75. The Hall–Kier alpha value is -0.700. The zero-order chi connectivity index (χ0) is 12.0. The molecule has 0 unspecified atom stereocenters. The van der Waals surface area contributed by atoms with Crippen LogP contribution in [0.2, 0.25) is 0 Å². The molecule has 0 radical (unpaired) electrons. The molecule has 0 rings (SSSR count). The second-order valence-corrected chi connectivity index (χ2v) is 3.50. The second kappa shape index (κ2) is 23.3. The molecule has 0 aliphatic heterocycles. The first-order valence-electron chi connectivity index (χ1n) is 5.41. The van der Waals surface area contributed by atoms with Crippen LogP contribution in [-0.4, -0.2) is 0 Å². The summed E-state index contributed by atoms with van der Waals surface area (Å²) < 4.78 is 0. The van der Waals surface area contributed by atoms with E-state index >= 15 is 0 Å². The van der Waals surface area contributed by atoms with Gasteiger partial charge in [0, 0.05) is 0 Å².